The van der Waals surface area contributed by atoms with Crippen LogP contribution < -0.4 is 0 Å². The Bertz CT molecular complexity index is 482. The summed E-state index contributed by atoms with van der Waals surface area (Å²) in [5.74, 6) is -16.1. The molecule has 2 fully saturated rings. The van der Waals surface area contributed by atoms with Gasteiger partial charge in [0.1, 0.15) is 0 Å². The summed E-state index contributed by atoms with van der Waals surface area (Å²) in [7, 11) is 1.00. The van der Waals surface area contributed by atoms with E-state index in [9.17, 15) is 43.9 Å². The van der Waals surface area contributed by atoms with Gasteiger partial charge in [0, 0.05) is 33.5 Å². The van der Waals surface area contributed by atoms with E-state index in [1.54, 1.807) is 0 Å². The van der Waals surface area contributed by atoms with Gasteiger partial charge in [0.2, 0.25) is 6.29 Å². The molecule has 0 aromatic rings. The fourth-order valence-electron chi connectivity index (χ4n) is 1.78. The predicted octanol–water partition coefficient (Wildman–Crippen LogP) is 2.10. The van der Waals surface area contributed by atoms with Crippen LogP contribution >= 0.6 is 0 Å². The maximum Gasteiger partial charge on any atom is 0.423 e. The molecule has 0 amide bonds. The molecule has 0 aromatic carbocycles. The second kappa shape index (κ2) is 7.50. The van der Waals surface area contributed by atoms with Gasteiger partial charge in [-0.25, -0.2) is 8.78 Å². The van der Waals surface area contributed by atoms with E-state index in [-0.39, 0.29) is 26.4 Å². The van der Waals surface area contributed by atoms with Crippen LogP contribution in [0.25, 0.3) is 0 Å². The molecular weight excluding hydrogens is 509 g/mol. The van der Waals surface area contributed by atoms with Gasteiger partial charge in [-0.3, -0.25) is 18.9 Å². The van der Waals surface area contributed by atoms with E-state index in [0.29, 0.717) is 0 Å². The summed E-state index contributed by atoms with van der Waals surface area (Å²) < 4.78 is 145. The zero-order valence-corrected chi connectivity index (χ0v) is 14.4. The van der Waals surface area contributed by atoms with Crippen molar-refractivity contribution in [3.63, 3.8) is 0 Å². The number of hydrogen-bond acceptors (Lipinski definition) is 6. The van der Waals surface area contributed by atoms with Gasteiger partial charge >= 0.3 is 30.0 Å². The Hall–Kier alpha value is -0.317. The van der Waals surface area contributed by atoms with E-state index in [1.807, 2.05) is 0 Å². The topological polar surface area (TPSA) is 77.4 Å². The van der Waals surface area contributed by atoms with Gasteiger partial charge in [-0.05, 0) is 0 Å². The molecule has 0 saturated carbocycles. The molecule has 6 nitrogen and oxygen atoms in total. The smallest absolute Gasteiger partial charge is 0.400 e. The minimum atomic E-state index is -5.91. The summed E-state index contributed by atoms with van der Waals surface area (Å²) in [5, 5.41) is 15.1. The number of hydrogen-bond donors (Lipinski definition) is 2. The average molecular weight is 519 g/mol. The molecular formula is C10H10F10O6Rh. The second-order valence-corrected chi connectivity index (χ2v) is 4.90. The first-order valence-corrected chi connectivity index (χ1v) is 6.15. The minimum Gasteiger partial charge on any atom is -0.400 e. The molecule has 0 spiro atoms. The maximum atomic E-state index is 14.2. The normalized spacial score (nSPS) is 38.0. The number of alkyl halides is 10. The Morgan fingerprint density at radius 1 is 0.704 bits per heavy atom. The monoisotopic (exact) mass is 519 g/mol. The maximum absolute atomic E-state index is 14.2. The molecule has 2 heterocycles. The van der Waals surface area contributed by atoms with Gasteiger partial charge in [-0.15, -0.1) is 0 Å². The van der Waals surface area contributed by atoms with Gasteiger partial charge < -0.3 is 10.2 Å². The van der Waals surface area contributed by atoms with Crippen LogP contribution in [0.4, 0.5) is 43.9 Å². The van der Waals surface area contributed by atoms with E-state index in [1.165, 1.54) is 0 Å². The van der Waals surface area contributed by atoms with Crippen LogP contribution in [0, 0.1) is 0 Å². The molecule has 2 rings (SSSR count). The Balaban J connectivity index is 0.00000218. The zero-order valence-electron chi connectivity index (χ0n) is 12.8. The van der Waals surface area contributed by atoms with Gasteiger partial charge in [0.05, 0.1) is 0 Å². The van der Waals surface area contributed by atoms with Crippen LogP contribution in [0.2, 0.25) is 0 Å². The van der Waals surface area contributed by atoms with E-state index in [2.05, 4.69) is 18.9 Å². The Morgan fingerprint density at radius 3 is 1.22 bits per heavy atom. The van der Waals surface area contributed by atoms with Crippen molar-refractivity contribution in [3.05, 3.63) is 0 Å². The van der Waals surface area contributed by atoms with Crippen molar-refractivity contribution in [1.82, 2.24) is 0 Å². The van der Waals surface area contributed by atoms with E-state index >= 15 is 0 Å². The third-order valence-corrected chi connectivity index (χ3v) is 2.91. The van der Waals surface area contributed by atoms with Crippen LogP contribution in [0.15, 0.2) is 0 Å². The van der Waals surface area contributed by atoms with Crippen molar-refractivity contribution < 1.29 is 92.5 Å². The van der Waals surface area contributed by atoms with Crippen LogP contribution in [-0.4, -0.2) is 65.9 Å². The number of halogens is 10. The van der Waals surface area contributed by atoms with Crippen molar-refractivity contribution in [2.45, 2.75) is 55.5 Å². The van der Waals surface area contributed by atoms with Crippen molar-refractivity contribution in [2.75, 3.05) is 7.11 Å². The SMILES string of the molecule is CC(F)(F)C1OC(F)(F)C(F)(C2(F)OC(C(O)(F)F)OC2(F)F)O1.CO.[Rh]. The first kappa shape index (κ1) is 26.7. The summed E-state index contributed by atoms with van der Waals surface area (Å²) in [6.07, 6.45) is -24.7. The molecule has 2 N–H and O–H groups in total. The predicted molar refractivity (Wildman–Crippen MR) is 55.4 cm³/mol. The molecule has 165 valence electrons. The fourth-order valence-corrected chi connectivity index (χ4v) is 1.78. The number of aliphatic hydroxyl groups excluding tert-OH is 1. The summed E-state index contributed by atoms with van der Waals surface area (Å²) in [6.45, 7) is -0.167. The Labute approximate surface area is 156 Å². The number of aliphatic hydroxyl groups is 2. The summed E-state index contributed by atoms with van der Waals surface area (Å²) in [6, 6.07) is 0. The van der Waals surface area contributed by atoms with Crippen molar-refractivity contribution >= 4 is 0 Å². The molecule has 0 bridgehead atoms. The summed E-state index contributed by atoms with van der Waals surface area (Å²) >= 11 is 0. The largest absolute Gasteiger partial charge is 0.423 e. The molecule has 17 heteroatoms. The van der Waals surface area contributed by atoms with Crippen molar-refractivity contribution in [3.8, 4) is 0 Å². The quantitative estimate of drug-likeness (QED) is 0.440. The van der Waals surface area contributed by atoms with Gasteiger partial charge in [-0.1, -0.05) is 0 Å². The molecule has 0 aliphatic carbocycles. The van der Waals surface area contributed by atoms with E-state index < -0.39 is 48.5 Å². The average Bonchev–Trinajstić information content (AvgIpc) is 2.85. The molecule has 2 aliphatic rings. The first-order chi connectivity index (χ1) is 11.4. The molecule has 2 aliphatic heterocycles. The Morgan fingerprint density at radius 2 is 1.00 bits per heavy atom. The zero-order chi connectivity index (χ0) is 21.0. The van der Waals surface area contributed by atoms with Crippen LogP contribution in [0.3, 0.4) is 0 Å². The summed E-state index contributed by atoms with van der Waals surface area (Å²) in [5.41, 5.74) is 0. The number of rotatable bonds is 3. The van der Waals surface area contributed by atoms with E-state index in [0.717, 1.165) is 7.11 Å². The molecule has 1 radical (unpaired) electrons. The van der Waals surface area contributed by atoms with Crippen molar-refractivity contribution in [1.29, 1.82) is 0 Å². The van der Waals surface area contributed by atoms with Gasteiger partial charge in [-0.2, -0.15) is 35.1 Å². The third-order valence-electron chi connectivity index (χ3n) is 2.91. The second-order valence-electron chi connectivity index (χ2n) is 4.90. The first-order valence-electron chi connectivity index (χ1n) is 6.15. The number of ether oxygens (including phenoxy) is 4. The van der Waals surface area contributed by atoms with Crippen molar-refractivity contribution in [2.24, 2.45) is 0 Å². The van der Waals surface area contributed by atoms with Crippen LogP contribution in [0.1, 0.15) is 6.92 Å². The standard InChI is InChI=1S/C9H6F10O5.CH4O.Rh/c1-4(10,11)2-21-6(14,8(16,17)23-2)7(15)9(18,19)24-3(22-7)5(12,13)20;1-2;/h2-3,20H,1H3;2H,1H3;. The minimum absolute atomic E-state index is 0. The molecule has 0 aromatic heterocycles. The van der Waals surface area contributed by atoms with E-state index in [4.69, 9.17) is 10.2 Å². The Kier molecular flexibility index (Phi) is 7.41. The van der Waals surface area contributed by atoms with Gasteiger partial charge in [0.15, 0.2) is 0 Å². The fraction of sp³-hybridized carbons (Fsp3) is 1.00. The molecule has 4 atom stereocenters. The summed E-state index contributed by atoms with van der Waals surface area (Å²) in [4.78, 5) is 0. The van der Waals surface area contributed by atoms with Gasteiger partial charge in [0.25, 0.3) is 12.2 Å². The third kappa shape index (κ3) is 4.18. The van der Waals surface area contributed by atoms with Crippen LogP contribution in [-0.2, 0) is 38.4 Å². The molecule has 2 saturated heterocycles. The van der Waals surface area contributed by atoms with Crippen LogP contribution in [0.5, 0.6) is 0 Å². The molecule has 4 unspecified atom stereocenters. The molecule has 27 heavy (non-hydrogen) atoms.